The third kappa shape index (κ3) is 6.09. The largest absolute Gasteiger partial charge is 0.478 e. The molecule has 2 aliphatic heterocycles. The molecule has 11 heteroatoms. The van der Waals surface area contributed by atoms with E-state index in [4.69, 9.17) is 26.1 Å². The molecule has 0 aliphatic carbocycles. The lowest BCUT2D eigenvalue weighted by molar-refractivity contribution is -0.0592. The van der Waals surface area contributed by atoms with Crippen molar-refractivity contribution < 1.29 is 19.4 Å². The van der Waals surface area contributed by atoms with E-state index < -0.39 is 5.97 Å². The maximum absolute atomic E-state index is 11.5. The minimum Gasteiger partial charge on any atom is -0.478 e. The van der Waals surface area contributed by atoms with Gasteiger partial charge in [-0.1, -0.05) is 23.7 Å². The monoisotopic (exact) mass is 552 g/mol. The summed E-state index contributed by atoms with van der Waals surface area (Å²) in [7, 11) is 0. The van der Waals surface area contributed by atoms with E-state index in [1.54, 1.807) is 18.2 Å². The molecule has 4 aromatic rings. The first-order chi connectivity index (χ1) is 18.5. The molecule has 0 radical (unpaired) electrons. The highest BCUT2D eigenvalue weighted by Gasteiger charge is 2.26. The molecule has 2 saturated heterocycles. The zero-order valence-electron chi connectivity index (χ0n) is 21.7. The van der Waals surface area contributed by atoms with Crippen molar-refractivity contribution in [1.29, 1.82) is 0 Å². The molecule has 2 aliphatic rings. The number of piperidine rings is 1. The van der Waals surface area contributed by atoms with Gasteiger partial charge in [0.25, 0.3) is 0 Å². The number of aromatic carboxylic acids is 1. The van der Waals surface area contributed by atoms with Gasteiger partial charge in [0.15, 0.2) is 0 Å². The van der Waals surface area contributed by atoms with E-state index in [2.05, 4.69) is 14.6 Å². The van der Waals surface area contributed by atoms with Crippen molar-refractivity contribution in [3.63, 3.8) is 0 Å². The van der Waals surface area contributed by atoms with Gasteiger partial charge in [0.2, 0.25) is 5.88 Å². The number of carbonyl (C=O) groups is 1. The van der Waals surface area contributed by atoms with Gasteiger partial charge in [-0.15, -0.1) is 5.10 Å². The van der Waals surface area contributed by atoms with Gasteiger partial charge in [-0.3, -0.25) is 9.58 Å². The quantitative estimate of drug-likeness (QED) is 0.298. The SMILES string of the molecule is N.O=C(O)c1ccc2nc(CN3CCC(n4ccc(OCc5ccc(Cl)cc5)n4)CC3)n(C[C@@H]3CCO3)c2c1. The number of hydrogen-bond donors (Lipinski definition) is 2. The van der Waals surface area contributed by atoms with Gasteiger partial charge >= 0.3 is 5.97 Å². The average molecular weight is 553 g/mol. The summed E-state index contributed by atoms with van der Waals surface area (Å²) in [6.07, 6.45) is 5.12. The van der Waals surface area contributed by atoms with E-state index >= 15 is 0 Å². The molecule has 0 saturated carbocycles. The molecule has 2 aromatic carbocycles. The number of hydrogen-bond acceptors (Lipinski definition) is 7. The Hall–Kier alpha value is -3.44. The van der Waals surface area contributed by atoms with Crippen LogP contribution in [-0.2, 0) is 24.4 Å². The molecule has 206 valence electrons. The van der Waals surface area contributed by atoms with Crippen LogP contribution in [0.4, 0.5) is 0 Å². The molecule has 0 amide bonds. The Morgan fingerprint density at radius 3 is 2.56 bits per heavy atom. The van der Waals surface area contributed by atoms with Gasteiger partial charge in [0.05, 0.1) is 41.8 Å². The summed E-state index contributed by atoms with van der Waals surface area (Å²) in [5.74, 6) is 0.642. The maximum Gasteiger partial charge on any atom is 0.335 e. The van der Waals surface area contributed by atoms with E-state index in [-0.39, 0.29) is 17.8 Å². The van der Waals surface area contributed by atoms with Crippen LogP contribution in [0.3, 0.4) is 0 Å². The molecule has 39 heavy (non-hydrogen) atoms. The van der Waals surface area contributed by atoms with E-state index in [1.807, 2.05) is 41.2 Å². The van der Waals surface area contributed by atoms with Crippen LogP contribution in [0.25, 0.3) is 11.0 Å². The van der Waals surface area contributed by atoms with Crippen molar-refractivity contribution in [3.05, 3.63) is 76.7 Å². The number of rotatable bonds is 9. The molecule has 0 unspecified atom stereocenters. The van der Waals surface area contributed by atoms with Crippen LogP contribution in [0.1, 0.15) is 47.1 Å². The minimum atomic E-state index is -0.930. The molecule has 0 bridgehead atoms. The Kier molecular flexibility index (Phi) is 8.18. The molecule has 4 heterocycles. The Bertz CT molecular complexity index is 1420. The van der Waals surface area contributed by atoms with Crippen molar-refractivity contribution >= 4 is 28.6 Å². The lowest BCUT2D eigenvalue weighted by atomic mass is 10.1. The van der Waals surface area contributed by atoms with Gasteiger partial charge in [-0.2, -0.15) is 0 Å². The predicted molar refractivity (Wildman–Crippen MR) is 148 cm³/mol. The normalized spacial score (nSPS) is 18.0. The number of fused-ring (bicyclic) bond motifs is 1. The third-order valence-electron chi connectivity index (χ3n) is 7.43. The van der Waals surface area contributed by atoms with Crippen LogP contribution < -0.4 is 10.9 Å². The Morgan fingerprint density at radius 1 is 1.10 bits per heavy atom. The molecule has 2 aromatic heterocycles. The average Bonchev–Trinajstić information content (AvgIpc) is 3.50. The number of aromatic nitrogens is 4. The fourth-order valence-corrected chi connectivity index (χ4v) is 5.27. The topological polar surface area (TPSA) is 130 Å². The number of nitrogens with zero attached hydrogens (tertiary/aromatic N) is 5. The van der Waals surface area contributed by atoms with Crippen LogP contribution in [0.15, 0.2) is 54.7 Å². The van der Waals surface area contributed by atoms with Gasteiger partial charge < -0.3 is 25.3 Å². The number of carboxylic acid groups (broad SMARTS) is 1. The van der Waals surface area contributed by atoms with Crippen LogP contribution in [0.5, 0.6) is 5.88 Å². The summed E-state index contributed by atoms with van der Waals surface area (Å²) in [5, 5.41) is 14.8. The number of carboxylic acids is 1. The Balaban J connectivity index is 0.00000308. The lowest BCUT2D eigenvalue weighted by Gasteiger charge is -2.32. The second-order valence-corrected chi connectivity index (χ2v) is 10.4. The summed E-state index contributed by atoms with van der Waals surface area (Å²) in [5.41, 5.74) is 3.00. The van der Waals surface area contributed by atoms with Crippen molar-refractivity contribution in [1.82, 2.24) is 30.4 Å². The van der Waals surface area contributed by atoms with Gasteiger partial charge in [-0.25, -0.2) is 9.78 Å². The molecule has 0 spiro atoms. The van der Waals surface area contributed by atoms with E-state index in [0.29, 0.717) is 36.6 Å². The summed E-state index contributed by atoms with van der Waals surface area (Å²) in [6.45, 7) is 4.49. The number of halogens is 1. The van der Waals surface area contributed by atoms with Gasteiger partial charge in [0.1, 0.15) is 12.4 Å². The molecular weight excluding hydrogens is 520 g/mol. The highest BCUT2D eigenvalue weighted by atomic mass is 35.5. The second-order valence-electron chi connectivity index (χ2n) is 9.99. The Labute approximate surface area is 231 Å². The first-order valence-corrected chi connectivity index (χ1v) is 13.4. The zero-order chi connectivity index (χ0) is 26.1. The van der Waals surface area contributed by atoms with Crippen molar-refractivity contribution in [2.45, 2.75) is 51.1 Å². The van der Waals surface area contributed by atoms with E-state index in [1.165, 1.54) is 0 Å². The highest BCUT2D eigenvalue weighted by Crippen LogP contribution is 2.27. The van der Waals surface area contributed by atoms with Gasteiger partial charge in [-0.05, 0) is 55.2 Å². The smallest absolute Gasteiger partial charge is 0.335 e. The number of imidazole rings is 1. The van der Waals surface area contributed by atoms with E-state index in [9.17, 15) is 9.90 Å². The van der Waals surface area contributed by atoms with Crippen molar-refractivity contribution in [2.24, 2.45) is 0 Å². The first-order valence-electron chi connectivity index (χ1n) is 13.0. The number of benzene rings is 2. The maximum atomic E-state index is 11.5. The second kappa shape index (κ2) is 11.7. The minimum absolute atomic E-state index is 0. The standard InChI is InChI=1S/C28H30ClN5O4.H3N/c29-21-4-1-19(2-5-21)18-38-27-9-13-34(31-27)22-7-11-32(12-8-22)17-26-30-24-6-3-20(28(35)36)15-25(24)33(26)16-23-10-14-37-23;/h1-6,9,13,15,22-23H,7-8,10-12,14,16-18H2,(H,35,36);1H3/t23-;/m0./s1. The summed E-state index contributed by atoms with van der Waals surface area (Å²) in [4.78, 5) is 18.8. The lowest BCUT2D eigenvalue weighted by Crippen LogP contribution is -2.36. The van der Waals surface area contributed by atoms with Gasteiger partial charge in [0, 0.05) is 37.0 Å². The first kappa shape index (κ1) is 27.1. The number of ether oxygens (including phenoxy) is 2. The summed E-state index contributed by atoms with van der Waals surface area (Å²) in [6, 6.07) is 15.0. The van der Waals surface area contributed by atoms with Crippen molar-refractivity contribution in [2.75, 3.05) is 19.7 Å². The van der Waals surface area contributed by atoms with E-state index in [0.717, 1.165) is 61.4 Å². The van der Waals surface area contributed by atoms with Crippen LogP contribution in [0, 0.1) is 0 Å². The molecular formula is C28H33ClN6O4. The van der Waals surface area contributed by atoms with Crippen molar-refractivity contribution in [3.8, 4) is 5.88 Å². The molecule has 4 N–H and O–H groups in total. The van der Waals surface area contributed by atoms with Crippen LogP contribution in [0.2, 0.25) is 5.02 Å². The molecule has 6 rings (SSSR count). The number of likely N-dealkylation sites (tertiary alicyclic amines) is 1. The molecule has 1 atom stereocenters. The molecule has 2 fully saturated rings. The highest BCUT2D eigenvalue weighted by molar-refractivity contribution is 6.30. The fourth-order valence-electron chi connectivity index (χ4n) is 5.14. The Morgan fingerprint density at radius 2 is 1.87 bits per heavy atom. The summed E-state index contributed by atoms with van der Waals surface area (Å²) < 4.78 is 15.7. The summed E-state index contributed by atoms with van der Waals surface area (Å²) >= 11 is 5.95. The fraction of sp³-hybridized carbons (Fsp3) is 0.393. The van der Waals surface area contributed by atoms with Crippen LogP contribution in [-0.4, -0.2) is 61.1 Å². The third-order valence-corrected chi connectivity index (χ3v) is 7.69. The molecule has 10 nitrogen and oxygen atoms in total. The predicted octanol–water partition coefficient (Wildman–Crippen LogP) is 4.95. The zero-order valence-corrected chi connectivity index (χ0v) is 22.5. The van der Waals surface area contributed by atoms with Crippen LogP contribution >= 0.6 is 11.6 Å².